The van der Waals surface area contributed by atoms with Crippen LogP contribution in [0, 0.1) is 11.6 Å². The van der Waals surface area contributed by atoms with E-state index in [-0.39, 0.29) is 30.4 Å². The summed E-state index contributed by atoms with van der Waals surface area (Å²) in [6, 6.07) is 6.22. The molecule has 0 bridgehead atoms. The van der Waals surface area contributed by atoms with E-state index in [4.69, 9.17) is 4.52 Å². The summed E-state index contributed by atoms with van der Waals surface area (Å²) < 4.78 is 31.2. The Morgan fingerprint density at radius 2 is 1.89 bits per heavy atom. The third kappa shape index (κ3) is 4.91. The van der Waals surface area contributed by atoms with Gasteiger partial charge in [0.15, 0.2) is 5.82 Å². The van der Waals surface area contributed by atoms with Gasteiger partial charge in [0.05, 0.1) is 12.1 Å². The number of carbonyl (C=O) groups excluding carboxylic acids is 2. The number of nitrogens with zero attached hydrogens (tertiary/aromatic N) is 3. The monoisotopic (exact) mass is 373 g/mol. The van der Waals surface area contributed by atoms with Gasteiger partial charge in [-0.25, -0.2) is 8.78 Å². The summed E-state index contributed by atoms with van der Waals surface area (Å²) in [5.74, 6) is -3.27. The lowest BCUT2D eigenvalue weighted by molar-refractivity contribution is -0.115. The first-order valence-corrected chi connectivity index (χ1v) is 7.76. The van der Waals surface area contributed by atoms with Gasteiger partial charge in [0.2, 0.25) is 5.91 Å². The predicted molar refractivity (Wildman–Crippen MR) is 88.4 cm³/mol. The van der Waals surface area contributed by atoms with Crippen molar-refractivity contribution in [2.45, 2.75) is 13.0 Å². The molecule has 2 N–H and O–H groups in total. The molecule has 0 aliphatic heterocycles. The zero-order valence-corrected chi connectivity index (χ0v) is 13.8. The lowest BCUT2D eigenvalue weighted by Crippen LogP contribution is -2.23. The Hall–Kier alpha value is -3.69. The normalized spacial score (nSPS) is 10.4. The highest BCUT2D eigenvalue weighted by Gasteiger charge is 2.17. The van der Waals surface area contributed by atoms with Crippen molar-refractivity contribution in [2.24, 2.45) is 0 Å². The minimum absolute atomic E-state index is 0.0518. The standard InChI is InChI=1S/C17H13F2N5O3/c18-11-1-2-13(12(19)7-11)22-15(25)8-14-23-17(27-24-14)16(26)21-9-10-3-5-20-6-4-10/h1-7H,8-9H2,(H,21,26)(H,22,25). The summed E-state index contributed by atoms with van der Waals surface area (Å²) in [7, 11) is 0. The number of hydrogen-bond acceptors (Lipinski definition) is 6. The van der Waals surface area contributed by atoms with Crippen molar-refractivity contribution in [3.05, 3.63) is 71.6 Å². The van der Waals surface area contributed by atoms with E-state index in [1.165, 1.54) is 0 Å². The van der Waals surface area contributed by atoms with E-state index in [0.29, 0.717) is 6.07 Å². The van der Waals surface area contributed by atoms with E-state index in [0.717, 1.165) is 17.7 Å². The van der Waals surface area contributed by atoms with Crippen molar-refractivity contribution >= 4 is 17.5 Å². The molecule has 8 nitrogen and oxygen atoms in total. The molecule has 0 aliphatic rings. The number of aromatic nitrogens is 3. The average molecular weight is 373 g/mol. The maximum Gasteiger partial charge on any atom is 0.315 e. The van der Waals surface area contributed by atoms with Gasteiger partial charge in [-0.1, -0.05) is 5.16 Å². The first kappa shape index (κ1) is 18.1. The number of pyridine rings is 1. The van der Waals surface area contributed by atoms with E-state index < -0.39 is 23.4 Å². The first-order valence-electron chi connectivity index (χ1n) is 7.76. The maximum absolute atomic E-state index is 13.5. The van der Waals surface area contributed by atoms with Gasteiger partial charge in [0.25, 0.3) is 0 Å². The zero-order chi connectivity index (χ0) is 19.2. The van der Waals surface area contributed by atoms with E-state index >= 15 is 0 Å². The third-order valence-corrected chi connectivity index (χ3v) is 3.39. The van der Waals surface area contributed by atoms with Crippen molar-refractivity contribution < 1.29 is 22.9 Å². The van der Waals surface area contributed by atoms with Gasteiger partial charge in [-0.05, 0) is 29.8 Å². The van der Waals surface area contributed by atoms with Crippen LogP contribution in [0.3, 0.4) is 0 Å². The fourth-order valence-corrected chi connectivity index (χ4v) is 2.11. The molecule has 0 spiro atoms. The maximum atomic E-state index is 13.5. The number of halogens is 2. The van der Waals surface area contributed by atoms with Crippen molar-refractivity contribution in [1.82, 2.24) is 20.4 Å². The molecule has 2 heterocycles. The van der Waals surface area contributed by atoms with E-state index in [1.54, 1.807) is 24.5 Å². The summed E-state index contributed by atoms with van der Waals surface area (Å²) in [6.07, 6.45) is 2.83. The van der Waals surface area contributed by atoms with E-state index in [9.17, 15) is 18.4 Å². The Morgan fingerprint density at radius 3 is 2.63 bits per heavy atom. The fourth-order valence-electron chi connectivity index (χ4n) is 2.11. The molecule has 3 aromatic rings. The highest BCUT2D eigenvalue weighted by Crippen LogP contribution is 2.15. The lowest BCUT2D eigenvalue weighted by Gasteiger charge is -2.04. The second-order valence-corrected chi connectivity index (χ2v) is 5.40. The van der Waals surface area contributed by atoms with Crippen LogP contribution < -0.4 is 10.6 Å². The van der Waals surface area contributed by atoms with E-state index in [2.05, 4.69) is 25.8 Å². The van der Waals surface area contributed by atoms with Gasteiger partial charge in [0, 0.05) is 25.0 Å². The van der Waals surface area contributed by atoms with Crippen LogP contribution in [0.2, 0.25) is 0 Å². The van der Waals surface area contributed by atoms with Crippen LogP contribution in [-0.2, 0) is 17.8 Å². The van der Waals surface area contributed by atoms with Crippen molar-refractivity contribution in [1.29, 1.82) is 0 Å². The van der Waals surface area contributed by atoms with Gasteiger partial charge < -0.3 is 15.2 Å². The van der Waals surface area contributed by atoms with Crippen LogP contribution in [0.4, 0.5) is 14.5 Å². The lowest BCUT2D eigenvalue weighted by atomic mass is 10.2. The molecule has 0 saturated heterocycles. The number of hydrogen-bond donors (Lipinski definition) is 2. The smallest absolute Gasteiger partial charge is 0.315 e. The van der Waals surface area contributed by atoms with Crippen LogP contribution in [0.5, 0.6) is 0 Å². The number of anilines is 1. The third-order valence-electron chi connectivity index (χ3n) is 3.39. The Kier molecular flexibility index (Phi) is 5.45. The largest absolute Gasteiger partial charge is 0.344 e. The first-order chi connectivity index (χ1) is 13.0. The number of carbonyl (C=O) groups is 2. The number of benzene rings is 1. The van der Waals surface area contributed by atoms with Crippen LogP contribution >= 0.6 is 0 Å². The number of nitrogens with one attached hydrogen (secondary N) is 2. The molecule has 0 fully saturated rings. The SMILES string of the molecule is O=C(Cc1noc(C(=O)NCc2ccncc2)n1)Nc1ccc(F)cc1F. The summed E-state index contributed by atoms with van der Waals surface area (Å²) in [5.41, 5.74) is 0.652. The van der Waals surface area contributed by atoms with Crippen molar-refractivity contribution in [3.8, 4) is 0 Å². The van der Waals surface area contributed by atoms with Crippen LogP contribution in [-0.4, -0.2) is 26.9 Å². The zero-order valence-electron chi connectivity index (χ0n) is 13.8. The molecular formula is C17H13F2N5O3. The Bertz CT molecular complexity index is 962. The van der Waals surface area contributed by atoms with Crippen LogP contribution in [0.1, 0.15) is 22.1 Å². The predicted octanol–water partition coefficient (Wildman–Crippen LogP) is 1.85. The second kappa shape index (κ2) is 8.13. The Morgan fingerprint density at radius 1 is 1.11 bits per heavy atom. The average Bonchev–Trinajstić information content (AvgIpc) is 3.11. The summed E-state index contributed by atoms with van der Waals surface area (Å²) >= 11 is 0. The summed E-state index contributed by atoms with van der Waals surface area (Å²) in [5, 5.41) is 8.39. The van der Waals surface area contributed by atoms with Crippen LogP contribution in [0.25, 0.3) is 0 Å². The van der Waals surface area contributed by atoms with Crippen LogP contribution in [0.15, 0.2) is 47.2 Å². The summed E-state index contributed by atoms with van der Waals surface area (Å²) in [4.78, 5) is 31.6. The molecule has 138 valence electrons. The molecule has 1 aromatic carbocycles. The highest BCUT2D eigenvalue weighted by molar-refractivity contribution is 5.92. The quantitative estimate of drug-likeness (QED) is 0.682. The van der Waals surface area contributed by atoms with Crippen molar-refractivity contribution in [3.63, 3.8) is 0 Å². The summed E-state index contributed by atoms with van der Waals surface area (Å²) in [6.45, 7) is 0.239. The molecule has 0 radical (unpaired) electrons. The Labute approximate surface area is 151 Å². The van der Waals surface area contributed by atoms with Crippen molar-refractivity contribution in [2.75, 3.05) is 5.32 Å². The van der Waals surface area contributed by atoms with Gasteiger partial charge in [-0.2, -0.15) is 4.98 Å². The minimum Gasteiger partial charge on any atom is -0.344 e. The topological polar surface area (TPSA) is 110 Å². The molecule has 10 heteroatoms. The molecule has 2 aromatic heterocycles. The number of amides is 2. The molecular weight excluding hydrogens is 360 g/mol. The molecule has 2 amide bonds. The van der Waals surface area contributed by atoms with Gasteiger partial charge in [0.1, 0.15) is 11.6 Å². The second-order valence-electron chi connectivity index (χ2n) is 5.40. The molecule has 3 rings (SSSR count). The molecule has 27 heavy (non-hydrogen) atoms. The van der Waals surface area contributed by atoms with Gasteiger partial charge in [-0.3, -0.25) is 14.6 Å². The molecule has 0 unspecified atom stereocenters. The van der Waals surface area contributed by atoms with Gasteiger partial charge >= 0.3 is 11.8 Å². The molecule has 0 saturated carbocycles. The molecule has 0 aliphatic carbocycles. The fraction of sp³-hybridized carbons (Fsp3) is 0.118. The van der Waals surface area contributed by atoms with Gasteiger partial charge in [-0.15, -0.1) is 0 Å². The highest BCUT2D eigenvalue weighted by atomic mass is 19.1. The molecule has 0 atom stereocenters. The Balaban J connectivity index is 1.55. The number of rotatable bonds is 6. The van der Waals surface area contributed by atoms with E-state index in [1.807, 2.05) is 0 Å². The minimum atomic E-state index is -0.910.